The third-order valence-electron chi connectivity index (χ3n) is 3.01. The number of benzene rings is 1. The highest BCUT2D eigenvalue weighted by Gasteiger charge is 2.36. The average molecular weight is 318 g/mol. The molecule has 21 heavy (non-hydrogen) atoms. The summed E-state index contributed by atoms with van der Waals surface area (Å²) < 4.78 is 36.6. The van der Waals surface area contributed by atoms with Crippen LogP contribution in [0.1, 0.15) is 11.6 Å². The van der Waals surface area contributed by atoms with Gasteiger partial charge in [-0.25, -0.2) is 0 Å². The summed E-state index contributed by atoms with van der Waals surface area (Å²) in [7, 11) is 0. The second-order valence-corrected chi connectivity index (χ2v) is 5.57. The molecule has 114 valence electrons. The maximum atomic E-state index is 12.2. The Kier molecular flexibility index (Phi) is 4.76. The van der Waals surface area contributed by atoms with E-state index in [1.165, 1.54) is 4.90 Å². The SMILES string of the molecule is O=C1NCC(=O)N(CCSC(F)(F)F)C1c1ccccc1. The molecule has 2 amide bonds. The van der Waals surface area contributed by atoms with E-state index in [-0.39, 0.29) is 42.4 Å². The van der Waals surface area contributed by atoms with Gasteiger partial charge in [0.2, 0.25) is 11.8 Å². The smallest absolute Gasteiger partial charge is 0.345 e. The molecule has 0 aliphatic carbocycles. The topological polar surface area (TPSA) is 49.4 Å². The van der Waals surface area contributed by atoms with Gasteiger partial charge in [-0.2, -0.15) is 13.2 Å². The van der Waals surface area contributed by atoms with Gasteiger partial charge in [-0.1, -0.05) is 30.3 Å². The largest absolute Gasteiger partial charge is 0.441 e. The van der Waals surface area contributed by atoms with Gasteiger partial charge in [0.15, 0.2) is 0 Å². The number of piperazine rings is 1. The van der Waals surface area contributed by atoms with Crippen LogP contribution >= 0.6 is 11.8 Å². The third kappa shape index (κ3) is 4.13. The fourth-order valence-corrected chi connectivity index (χ4v) is 2.65. The summed E-state index contributed by atoms with van der Waals surface area (Å²) in [6.45, 7) is -0.311. The fraction of sp³-hybridized carbons (Fsp3) is 0.385. The molecular weight excluding hydrogens is 305 g/mol. The van der Waals surface area contributed by atoms with Crippen LogP contribution in [0.5, 0.6) is 0 Å². The highest BCUT2D eigenvalue weighted by Crippen LogP contribution is 2.31. The standard InChI is InChI=1S/C13H13F3N2O2S/c14-13(15,16)21-7-6-18-10(19)8-17-12(20)11(18)9-4-2-1-3-5-9/h1-5,11H,6-8H2,(H,17,20). The van der Waals surface area contributed by atoms with Gasteiger partial charge in [0.1, 0.15) is 6.04 Å². The summed E-state index contributed by atoms with van der Waals surface area (Å²) in [6.07, 6.45) is 0. The van der Waals surface area contributed by atoms with Crippen LogP contribution in [0.15, 0.2) is 30.3 Å². The van der Waals surface area contributed by atoms with Crippen LogP contribution in [0.4, 0.5) is 13.2 Å². The summed E-state index contributed by atoms with van der Waals surface area (Å²) in [6, 6.07) is 7.66. The molecule has 8 heteroatoms. The molecule has 0 bridgehead atoms. The first-order valence-electron chi connectivity index (χ1n) is 6.21. The monoisotopic (exact) mass is 318 g/mol. The fourth-order valence-electron chi connectivity index (χ4n) is 2.13. The molecule has 1 atom stereocenters. The van der Waals surface area contributed by atoms with E-state index >= 15 is 0 Å². The van der Waals surface area contributed by atoms with Crippen molar-refractivity contribution < 1.29 is 22.8 Å². The van der Waals surface area contributed by atoms with Crippen LogP contribution < -0.4 is 5.32 Å². The van der Waals surface area contributed by atoms with Crippen LogP contribution in [0.2, 0.25) is 0 Å². The van der Waals surface area contributed by atoms with Crippen LogP contribution in [-0.2, 0) is 9.59 Å². The molecule has 1 heterocycles. The Labute approximate surface area is 123 Å². The second kappa shape index (κ2) is 6.38. The van der Waals surface area contributed by atoms with Crippen molar-refractivity contribution in [3.05, 3.63) is 35.9 Å². The number of carbonyl (C=O) groups excluding carboxylic acids is 2. The van der Waals surface area contributed by atoms with Crippen molar-refractivity contribution in [3.63, 3.8) is 0 Å². The lowest BCUT2D eigenvalue weighted by atomic mass is 10.0. The number of nitrogens with zero attached hydrogens (tertiary/aromatic N) is 1. The van der Waals surface area contributed by atoms with Crippen molar-refractivity contribution in [2.45, 2.75) is 11.6 Å². The van der Waals surface area contributed by atoms with Gasteiger partial charge < -0.3 is 10.2 Å². The van der Waals surface area contributed by atoms with E-state index < -0.39 is 11.6 Å². The molecule has 1 fully saturated rings. The lowest BCUT2D eigenvalue weighted by Crippen LogP contribution is -2.54. The second-order valence-electron chi connectivity index (χ2n) is 4.41. The van der Waals surface area contributed by atoms with Crippen LogP contribution in [-0.4, -0.2) is 41.1 Å². The maximum Gasteiger partial charge on any atom is 0.441 e. The minimum absolute atomic E-state index is 0.129. The van der Waals surface area contributed by atoms with E-state index in [0.29, 0.717) is 5.56 Å². The number of hydrogen-bond acceptors (Lipinski definition) is 3. The number of alkyl halides is 3. The lowest BCUT2D eigenvalue weighted by Gasteiger charge is -2.35. The molecule has 1 aliphatic rings. The van der Waals surface area contributed by atoms with E-state index in [1.54, 1.807) is 30.3 Å². The zero-order chi connectivity index (χ0) is 15.5. The summed E-state index contributed by atoms with van der Waals surface area (Å²) in [5.74, 6) is -1.06. The summed E-state index contributed by atoms with van der Waals surface area (Å²) in [5, 5.41) is 2.46. The quantitative estimate of drug-likeness (QED) is 0.923. The van der Waals surface area contributed by atoms with Crippen molar-refractivity contribution in [3.8, 4) is 0 Å². The molecule has 1 N–H and O–H groups in total. The third-order valence-corrected chi connectivity index (χ3v) is 3.72. The first-order valence-corrected chi connectivity index (χ1v) is 7.20. The predicted octanol–water partition coefficient (Wildman–Crippen LogP) is 1.94. The van der Waals surface area contributed by atoms with E-state index in [0.717, 1.165) is 0 Å². The zero-order valence-corrected chi connectivity index (χ0v) is 11.7. The number of hydrogen-bond donors (Lipinski definition) is 1. The van der Waals surface area contributed by atoms with E-state index in [1.807, 2.05) is 0 Å². The van der Waals surface area contributed by atoms with E-state index in [4.69, 9.17) is 0 Å². The lowest BCUT2D eigenvalue weighted by molar-refractivity contribution is -0.145. The molecule has 2 rings (SSSR count). The predicted molar refractivity (Wildman–Crippen MR) is 72.4 cm³/mol. The Bertz CT molecular complexity index is 522. The molecule has 0 radical (unpaired) electrons. The van der Waals surface area contributed by atoms with E-state index in [2.05, 4.69) is 5.32 Å². The zero-order valence-electron chi connectivity index (χ0n) is 10.9. The van der Waals surface area contributed by atoms with Crippen molar-refractivity contribution in [2.75, 3.05) is 18.8 Å². The molecule has 1 aromatic carbocycles. The van der Waals surface area contributed by atoms with Gasteiger partial charge in [-0.05, 0) is 17.3 Å². The molecule has 1 aliphatic heterocycles. The van der Waals surface area contributed by atoms with Gasteiger partial charge in [-0.3, -0.25) is 9.59 Å². The number of thioether (sulfide) groups is 1. The maximum absolute atomic E-state index is 12.2. The van der Waals surface area contributed by atoms with Crippen molar-refractivity contribution in [1.82, 2.24) is 10.2 Å². The molecule has 0 spiro atoms. The average Bonchev–Trinajstić information content (AvgIpc) is 2.42. The Hall–Kier alpha value is -1.70. The Morgan fingerprint density at radius 1 is 1.24 bits per heavy atom. The van der Waals surface area contributed by atoms with Gasteiger partial charge in [0.25, 0.3) is 0 Å². The number of amides is 2. The molecule has 4 nitrogen and oxygen atoms in total. The Morgan fingerprint density at radius 2 is 1.90 bits per heavy atom. The minimum Gasteiger partial charge on any atom is -0.345 e. The number of carbonyl (C=O) groups is 2. The molecule has 1 saturated heterocycles. The number of rotatable bonds is 4. The van der Waals surface area contributed by atoms with Crippen LogP contribution in [0, 0.1) is 0 Å². The molecule has 1 unspecified atom stereocenters. The van der Waals surface area contributed by atoms with Gasteiger partial charge >= 0.3 is 5.51 Å². The number of halogens is 3. The van der Waals surface area contributed by atoms with Gasteiger partial charge in [0.05, 0.1) is 6.54 Å². The number of nitrogens with one attached hydrogen (secondary N) is 1. The molecule has 0 aromatic heterocycles. The summed E-state index contributed by atoms with van der Waals surface area (Å²) in [4.78, 5) is 25.1. The Morgan fingerprint density at radius 3 is 2.52 bits per heavy atom. The van der Waals surface area contributed by atoms with Crippen molar-refractivity contribution in [1.29, 1.82) is 0 Å². The summed E-state index contributed by atoms with van der Waals surface area (Å²) in [5.41, 5.74) is -3.76. The normalized spacial score (nSPS) is 19.6. The first-order chi connectivity index (χ1) is 9.88. The van der Waals surface area contributed by atoms with Gasteiger partial charge in [-0.15, -0.1) is 0 Å². The van der Waals surface area contributed by atoms with Crippen LogP contribution in [0.3, 0.4) is 0 Å². The summed E-state index contributed by atoms with van der Waals surface area (Å²) >= 11 is -0.198. The Balaban J connectivity index is 2.13. The first kappa shape index (κ1) is 15.7. The van der Waals surface area contributed by atoms with Gasteiger partial charge in [0, 0.05) is 12.3 Å². The molecule has 1 aromatic rings. The van der Waals surface area contributed by atoms with Crippen molar-refractivity contribution in [2.24, 2.45) is 0 Å². The molecule has 0 saturated carbocycles. The van der Waals surface area contributed by atoms with E-state index in [9.17, 15) is 22.8 Å². The highest BCUT2D eigenvalue weighted by molar-refractivity contribution is 8.00. The highest BCUT2D eigenvalue weighted by atomic mass is 32.2. The van der Waals surface area contributed by atoms with Crippen molar-refractivity contribution >= 4 is 23.6 Å². The molecular formula is C13H13F3N2O2S. The minimum atomic E-state index is -4.34. The van der Waals surface area contributed by atoms with Crippen LogP contribution in [0.25, 0.3) is 0 Å².